The summed E-state index contributed by atoms with van der Waals surface area (Å²) in [5, 5.41) is 17.0. The molecule has 0 aliphatic rings. The number of nitrogens with zero attached hydrogens (tertiary/aromatic N) is 1. The number of rotatable bonds is 7. The monoisotopic (exact) mass is 256 g/mol. The van der Waals surface area contributed by atoms with E-state index >= 15 is 0 Å². The van der Waals surface area contributed by atoms with E-state index in [0.717, 1.165) is 19.3 Å². The second-order valence-electron chi connectivity index (χ2n) is 3.84. The molecule has 0 spiro atoms. The zero-order valence-corrected chi connectivity index (χ0v) is 10.5. The van der Waals surface area contributed by atoms with Crippen molar-refractivity contribution < 1.29 is 19.8 Å². The van der Waals surface area contributed by atoms with Crippen molar-refractivity contribution in [1.29, 1.82) is 0 Å². The number of hydrogen-bond donors (Lipinski definition) is 3. The molecule has 0 amide bonds. The number of carbonyl (C=O) groups is 2. The van der Waals surface area contributed by atoms with E-state index in [-0.39, 0.29) is 6.42 Å². The highest BCUT2D eigenvalue weighted by atomic mass is 16.4. The first-order valence-electron chi connectivity index (χ1n) is 5.98. The highest BCUT2D eigenvalue weighted by Gasteiger charge is 2.24. The third-order valence-electron chi connectivity index (χ3n) is 2.35. The Hall–Kier alpha value is -1.85. The molecular weight excluding hydrogens is 236 g/mol. The second-order valence-corrected chi connectivity index (χ2v) is 3.84. The van der Waals surface area contributed by atoms with Crippen molar-refractivity contribution in [2.45, 2.75) is 39.0 Å². The van der Waals surface area contributed by atoms with Gasteiger partial charge in [-0.15, -0.1) is 0 Å². The molecule has 1 aromatic rings. The molecule has 0 bridgehead atoms. The summed E-state index contributed by atoms with van der Waals surface area (Å²) in [4.78, 5) is 27.3. The van der Waals surface area contributed by atoms with Gasteiger partial charge in [-0.25, -0.2) is 4.98 Å². The number of nitrogens with one attached hydrogen (secondary N) is 1. The molecule has 3 N–H and O–H groups in total. The van der Waals surface area contributed by atoms with Gasteiger partial charge in [-0.1, -0.05) is 32.6 Å². The minimum Gasteiger partial charge on any atom is -0.481 e. The Bertz CT molecular complexity index is 294. The Labute approximate surface area is 106 Å². The number of carboxylic acid groups (broad SMARTS) is 2. The van der Waals surface area contributed by atoms with Crippen LogP contribution in [0, 0.1) is 5.92 Å². The number of carboxylic acids is 2. The molecule has 0 aromatic carbocycles. The van der Waals surface area contributed by atoms with Gasteiger partial charge in [0.1, 0.15) is 0 Å². The third-order valence-corrected chi connectivity index (χ3v) is 2.35. The lowest BCUT2D eigenvalue weighted by atomic mass is 10.0. The van der Waals surface area contributed by atoms with Gasteiger partial charge in [-0.3, -0.25) is 9.59 Å². The summed E-state index contributed by atoms with van der Waals surface area (Å²) >= 11 is 0. The molecule has 0 atom stereocenters. The zero-order chi connectivity index (χ0) is 13.8. The Balaban J connectivity index is 0.000000473. The number of unbranched alkanes of at least 4 members (excludes halogenated alkanes) is 3. The molecule has 1 heterocycles. The molecule has 1 rings (SSSR count). The van der Waals surface area contributed by atoms with Crippen molar-refractivity contribution in [1.82, 2.24) is 9.97 Å². The SMILES string of the molecule is CCCCCCC(C(=O)O)C(=O)O.c1c[nH]cn1. The summed E-state index contributed by atoms with van der Waals surface area (Å²) in [6, 6.07) is 0. The predicted molar refractivity (Wildman–Crippen MR) is 66.1 cm³/mol. The van der Waals surface area contributed by atoms with Crippen molar-refractivity contribution in [3.63, 3.8) is 0 Å². The maximum absolute atomic E-state index is 10.4. The summed E-state index contributed by atoms with van der Waals surface area (Å²) < 4.78 is 0. The Morgan fingerprint density at radius 3 is 2.22 bits per heavy atom. The van der Waals surface area contributed by atoms with Crippen LogP contribution in [0.4, 0.5) is 0 Å². The van der Waals surface area contributed by atoms with Gasteiger partial charge in [0.05, 0.1) is 6.33 Å². The zero-order valence-electron chi connectivity index (χ0n) is 10.5. The lowest BCUT2D eigenvalue weighted by Gasteiger charge is -2.05. The molecule has 0 aliphatic carbocycles. The van der Waals surface area contributed by atoms with Crippen LogP contribution in [-0.2, 0) is 9.59 Å². The molecule has 1 aromatic heterocycles. The fraction of sp³-hybridized carbons (Fsp3) is 0.583. The molecule has 6 nitrogen and oxygen atoms in total. The van der Waals surface area contributed by atoms with Crippen LogP contribution in [0.15, 0.2) is 18.7 Å². The van der Waals surface area contributed by atoms with Crippen LogP contribution in [0.25, 0.3) is 0 Å². The van der Waals surface area contributed by atoms with Crippen molar-refractivity contribution >= 4 is 11.9 Å². The number of H-pyrrole nitrogens is 1. The van der Waals surface area contributed by atoms with E-state index in [1.54, 1.807) is 18.7 Å². The van der Waals surface area contributed by atoms with Gasteiger partial charge in [0.25, 0.3) is 0 Å². The van der Waals surface area contributed by atoms with Gasteiger partial charge in [0.2, 0.25) is 0 Å². The largest absolute Gasteiger partial charge is 0.481 e. The van der Waals surface area contributed by atoms with Crippen LogP contribution in [0.5, 0.6) is 0 Å². The molecule has 6 heteroatoms. The molecule has 0 radical (unpaired) electrons. The van der Waals surface area contributed by atoms with Crippen LogP contribution in [0.1, 0.15) is 39.0 Å². The summed E-state index contributed by atoms with van der Waals surface area (Å²) in [7, 11) is 0. The van der Waals surface area contributed by atoms with E-state index in [1.807, 2.05) is 6.92 Å². The number of aliphatic carboxylic acids is 2. The van der Waals surface area contributed by atoms with E-state index in [2.05, 4.69) is 9.97 Å². The van der Waals surface area contributed by atoms with Gasteiger partial charge >= 0.3 is 11.9 Å². The summed E-state index contributed by atoms with van der Waals surface area (Å²) in [6.07, 6.45) is 9.01. The maximum atomic E-state index is 10.4. The Morgan fingerprint density at radius 1 is 1.22 bits per heavy atom. The molecule has 0 unspecified atom stereocenters. The first-order chi connectivity index (χ1) is 8.59. The highest BCUT2D eigenvalue weighted by molar-refractivity contribution is 5.92. The van der Waals surface area contributed by atoms with Gasteiger partial charge in [0, 0.05) is 12.4 Å². The van der Waals surface area contributed by atoms with E-state index in [4.69, 9.17) is 10.2 Å². The highest BCUT2D eigenvalue weighted by Crippen LogP contribution is 2.11. The molecule has 102 valence electrons. The standard InChI is InChI=1S/C9H16O4.C3H4N2/c1-2-3-4-5-6-7(8(10)11)9(12)13;1-2-5-3-4-1/h7H,2-6H2,1H3,(H,10,11)(H,12,13);1-3H,(H,4,5). The molecule has 18 heavy (non-hydrogen) atoms. The van der Waals surface area contributed by atoms with Gasteiger partial charge in [-0.2, -0.15) is 0 Å². The molecule has 0 aliphatic heterocycles. The van der Waals surface area contributed by atoms with Crippen LogP contribution in [0.3, 0.4) is 0 Å². The maximum Gasteiger partial charge on any atom is 0.317 e. The molecular formula is C12H20N2O4. The fourth-order valence-corrected chi connectivity index (χ4v) is 1.34. The van der Waals surface area contributed by atoms with Crippen LogP contribution < -0.4 is 0 Å². The van der Waals surface area contributed by atoms with E-state index in [9.17, 15) is 9.59 Å². The Kier molecular flexibility index (Phi) is 9.25. The number of aromatic amines is 1. The minimum absolute atomic E-state index is 0.241. The minimum atomic E-state index is -1.23. The number of aromatic nitrogens is 2. The van der Waals surface area contributed by atoms with Crippen molar-refractivity contribution in [2.24, 2.45) is 5.92 Å². The molecule has 0 saturated heterocycles. The van der Waals surface area contributed by atoms with Crippen molar-refractivity contribution in [3.8, 4) is 0 Å². The first kappa shape index (κ1) is 16.1. The lowest BCUT2D eigenvalue weighted by Crippen LogP contribution is -2.23. The summed E-state index contributed by atoms with van der Waals surface area (Å²) in [5.74, 6) is -3.69. The Morgan fingerprint density at radius 2 is 1.89 bits per heavy atom. The number of imidazole rings is 1. The average Bonchev–Trinajstić information content (AvgIpc) is 2.86. The quantitative estimate of drug-likeness (QED) is 0.512. The molecule has 0 fully saturated rings. The van der Waals surface area contributed by atoms with Crippen LogP contribution >= 0.6 is 0 Å². The van der Waals surface area contributed by atoms with Gasteiger partial charge in [-0.05, 0) is 6.42 Å². The third kappa shape index (κ3) is 8.32. The van der Waals surface area contributed by atoms with E-state index in [0.29, 0.717) is 6.42 Å². The lowest BCUT2D eigenvalue weighted by molar-refractivity contribution is -0.154. The number of hydrogen-bond acceptors (Lipinski definition) is 3. The first-order valence-corrected chi connectivity index (χ1v) is 5.98. The smallest absolute Gasteiger partial charge is 0.317 e. The average molecular weight is 256 g/mol. The summed E-state index contributed by atoms with van der Waals surface area (Å²) in [5.41, 5.74) is 0. The van der Waals surface area contributed by atoms with Crippen LogP contribution in [0.2, 0.25) is 0 Å². The van der Waals surface area contributed by atoms with Gasteiger partial charge in [0.15, 0.2) is 5.92 Å². The predicted octanol–water partition coefficient (Wildman–Crippen LogP) is 2.15. The second kappa shape index (κ2) is 10.3. The van der Waals surface area contributed by atoms with Crippen LogP contribution in [-0.4, -0.2) is 32.1 Å². The topological polar surface area (TPSA) is 103 Å². The summed E-state index contributed by atoms with van der Waals surface area (Å²) in [6.45, 7) is 2.05. The molecule has 0 saturated carbocycles. The van der Waals surface area contributed by atoms with Crippen molar-refractivity contribution in [2.75, 3.05) is 0 Å². The normalized spacial score (nSPS) is 9.67. The van der Waals surface area contributed by atoms with Gasteiger partial charge < -0.3 is 15.2 Å². The fourth-order valence-electron chi connectivity index (χ4n) is 1.34. The van der Waals surface area contributed by atoms with Crippen molar-refractivity contribution in [3.05, 3.63) is 18.7 Å². The van der Waals surface area contributed by atoms with E-state index < -0.39 is 17.9 Å². The van der Waals surface area contributed by atoms with E-state index in [1.165, 1.54) is 0 Å².